The number of esters is 1. The van der Waals surface area contributed by atoms with E-state index in [1.165, 1.54) is 6.07 Å². The van der Waals surface area contributed by atoms with E-state index in [0.717, 1.165) is 7.11 Å². The molecule has 0 atom stereocenters. The van der Waals surface area contributed by atoms with Crippen molar-refractivity contribution >= 4 is 33.5 Å². The van der Waals surface area contributed by atoms with Crippen LogP contribution in [0.25, 0.3) is 0 Å². The Bertz CT molecular complexity index is 400. The molecule has 0 aliphatic heterocycles. The summed E-state index contributed by atoms with van der Waals surface area (Å²) >= 11 is 8.52. The normalized spacial score (nSPS) is 10.5. The van der Waals surface area contributed by atoms with Gasteiger partial charge in [-0.1, -0.05) is 11.6 Å². The van der Waals surface area contributed by atoms with E-state index in [-0.39, 0.29) is 15.2 Å². The van der Waals surface area contributed by atoms with Gasteiger partial charge in [0.05, 0.1) is 12.1 Å². The van der Waals surface area contributed by atoms with Gasteiger partial charge in [-0.25, -0.2) is 18.6 Å². The highest BCUT2D eigenvalue weighted by Crippen LogP contribution is 2.32. The van der Waals surface area contributed by atoms with Gasteiger partial charge >= 0.3 is 5.97 Å². The van der Waals surface area contributed by atoms with Crippen LogP contribution < -0.4 is 0 Å². The molecule has 0 N–H and O–H groups in total. The SMILES string of the molecule is COC(=O)c1cc(Br)c(Cl)c(C(F)F)n1. The summed E-state index contributed by atoms with van der Waals surface area (Å²) in [6, 6.07) is 1.22. The minimum atomic E-state index is -2.85. The lowest BCUT2D eigenvalue weighted by atomic mass is 10.3. The number of nitrogens with zero attached hydrogens (tertiary/aromatic N) is 1. The summed E-state index contributed by atoms with van der Waals surface area (Å²) in [5, 5.41) is -0.211. The van der Waals surface area contributed by atoms with E-state index in [1.54, 1.807) is 0 Å². The molecule has 0 radical (unpaired) electrons. The van der Waals surface area contributed by atoms with Crippen LogP contribution in [0.4, 0.5) is 8.78 Å². The molecule has 1 heterocycles. The van der Waals surface area contributed by atoms with Crippen LogP contribution in [0.5, 0.6) is 0 Å². The lowest BCUT2D eigenvalue weighted by Crippen LogP contribution is -2.07. The number of alkyl halides is 2. The molecule has 1 aromatic rings. The molecule has 82 valence electrons. The highest BCUT2D eigenvalue weighted by molar-refractivity contribution is 9.10. The Hall–Kier alpha value is -0.750. The summed E-state index contributed by atoms with van der Waals surface area (Å²) in [5.74, 6) is -0.797. The molecule has 1 aromatic heterocycles. The minimum Gasteiger partial charge on any atom is -0.464 e. The molecule has 0 amide bonds. The Balaban J connectivity index is 3.29. The maximum atomic E-state index is 12.4. The van der Waals surface area contributed by atoms with Gasteiger partial charge in [-0.2, -0.15) is 0 Å². The van der Waals surface area contributed by atoms with Crippen molar-refractivity contribution in [3.63, 3.8) is 0 Å². The molecule has 0 fully saturated rings. The van der Waals surface area contributed by atoms with Gasteiger partial charge in [0.2, 0.25) is 0 Å². The Labute approximate surface area is 97.5 Å². The minimum absolute atomic E-state index is 0.176. The Kier molecular flexibility index (Phi) is 3.98. The van der Waals surface area contributed by atoms with E-state index in [9.17, 15) is 13.6 Å². The molecule has 0 saturated heterocycles. The lowest BCUT2D eigenvalue weighted by Gasteiger charge is -2.06. The van der Waals surface area contributed by atoms with Gasteiger partial charge < -0.3 is 4.74 Å². The molecule has 0 saturated carbocycles. The number of rotatable bonds is 2. The molecule has 7 heteroatoms. The average molecular weight is 300 g/mol. The second kappa shape index (κ2) is 4.85. The Morgan fingerprint density at radius 2 is 2.27 bits per heavy atom. The monoisotopic (exact) mass is 299 g/mol. The first-order valence-corrected chi connectivity index (χ1v) is 4.87. The van der Waals surface area contributed by atoms with E-state index in [4.69, 9.17) is 11.6 Å². The number of pyridine rings is 1. The smallest absolute Gasteiger partial charge is 0.356 e. The summed E-state index contributed by atoms with van der Waals surface area (Å²) in [6.45, 7) is 0. The molecule has 0 bridgehead atoms. The zero-order chi connectivity index (χ0) is 11.6. The molecule has 1 rings (SSSR count). The molecular formula is C8H5BrClF2NO2. The van der Waals surface area contributed by atoms with Crippen LogP contribution in [0.1, 0.15) is 22.6 Å². The standard InChI is InChI=1S/C8H5BrClF2NO2/c1-15-8(14)4-2-3(9)5(10)6(13-4)7(11)12/h2,7H,1H3. The van der Waals surface area contributed by atoms with Crippen LogP contribution in [0.3, 0.4) is 0 Å². The summed E-state index contributed by atoms with van der Waals surface area (Å²) in [6.07, 6.45) is -2.85. The maximum Gasteiger partial charge on any atom is 0.356 e. The highest BCUT2D eigenvalue weighted by atomic mass is 79.9. The topological polar surface area (TPSA) is 39.2 Å². The quantitative estimate of drug-likeness (QED) is 0.787. The number of ether oxygens (including phenoxy) is 1. The fourth-order valence-corrected chi connectivity index (χ4v) is 1.47. The third-order valence-corrected chi connectivity index (χ3v) is 2.79. The number of carbonyl (C=O) groups excluding carboxylic acids is 1. The number of methoxy groups -OCH3 is 1. The predicted molar refractivity (Wildman–Crippen MR) is 53.2 cm³/mol. The predicted octanol–water partition coefficient (Wildman–Crippen LogP) is 3.22. The summed E-state index contributed by atoms with van der Waals surface area (Å²) in [7, 11) is 1.13. The van der Waals surface area contributed by atoms with Gasteiger partial charge in [0.1, 0.15) is 11.4 Å². The van der Waals surface area contributed by atoms with E-state index in [2.05, 4.69) is 25.7 Å². The van der Waals surface area contributed by atoms with Crippen molar-refractivity contribution in [2.45, 2.75) is 6.43 Å². The zero-order valence-electron chi connectivity index (χ0n) is 7.43. The zero-order valence-corrected chi connectivity index (χ0v) is 9.77. The van der Waals surface area contributed by atoms with Gasteiger partial charge in [-0.15, -0.1) is 0 Å². The van der Waals surface area contributed by atoms with Crippen molar-refractivity contribution < 1.29 is 18.3 Å². The van der Waals surface area contributed by atoms with Crippen molar-refractivity contribution in [2.75, 3.05) is 7.11 Å². The van der Waals surface area contributed by atoms with Crippen molar-refractivity contribution in [3.8, 4) is 0 Å². The third-order valence-electron chi connectivity index (χ3n) is 1.54. The van der Waals surface area contributed by atoms with E-state index >= 15 is 0 Å². The van der Waals surface area contributed by atoms with E-state index in [0.29, 0.717) is 0 Å². The number of carbonyl (C=O) groups is 1. The first kappa shape index (κ1) is 12.3. The van der Waals surface area contributed by atoms with Crippen LogP contribution in [0, 0.1) is 0 Å². The summed E-state index contributed by atoms with van der Waals surface area (Å²) in [5.41, 5.74) is -0.865. The molecule has 15 heavy (non-hydrogen) atoms. The Morgan fingerprint density at radius 1 is 1.67 bits per heavy atom. The van der Waals surface area contributed by atoms with Gasteiger partial charge in [0.25, 0.3) is 6.43 Å². The van der Waals surface area contributed by atoms with Crippen LogP contribution in [0.2, 0.25) is 5.02 Å². The molecule has 3 nitrogen and oxygen atoms in total. The molecule has 0 unspecified atom stereocenters. The van der Waals surface area contributed by atoms with Crippen LogP contribution in [-0.2, 0) is 4.74 Å². The lowest BCUT2D eigenvalue weighted by molar-refractivity contribution is 0.0592. The fraction of sp³-hybridized carbons (Fsp3) is 0.250. The van der Waals surface area contributed by atoms with E-state index in [1.807, 2.05) is 0 Å². The fourth-order valence-electron chi connectivity index (χ4n) is 0.871. The first-order valence-electron chi connectivity index (χ1n) is 3.69. The molecular weight excluding hydrogens is 295 g/mol. The highest BCUT2D eigenvalue weighted by Gasteiger charge is 2.20. The van der Waals surface area contributed by atoms with Gasteiger partial charge in [0, 0.05) is 4.47 Å². The first-order chi connectivity index (χ1) is 6.97. The van der Waals surface area contributed by atoms with Gasteiger partial charge in [-0.05, 0) is 22.0 Å². The number of aromatic nitrogens is 1. The van der Waals surface area contributed by atoms with Crippen LogP contribution in [0.15, 0.2) is 10.5 Å². The second-order valence-electron chi connectivity index (χ2n) is 2.48. The largest absolute Gasteiger partial charge is 0.464 e. The van der Waals surface area contributed by atoms with Gasteiger partial charge in [-0.3, -0.25) is 0 Å². The Morgan fingerprint density at radius 3 is 2.73 bits per heavy atom. The maximum absolute atomic E-state index is 12.4. The number of hydrogen-bond donors (Lipinski definition) is 0. The molecule has 0 aromatic carbocycles. The third kappa shape index (κ3) is 2.63. The van der Waals surface area contributed by atoms with Gasteiger partial charge in [0.15, 0.2) is 0 Å². The van der Waals surface area contributed by atoms with Crippen LogP contribution >= 0.6 is 27.5 Å². The average Bonchev–Trinajstić information content (AvgIpc) is 2.20. The molecule has 0 aliphatic carbocycles. The number of halogens is 4. The van der Waals surface area contributed by atoms with Crippen molar-refractivity contribution in [1.29, 1.82) is 0 Å². The summed E-state index contributed by atoms with van der Waals surface area (Å²) in [4.78, 5) is 14.5. The van der Waals surface area contributed by atoms with Crippen molar-refractivity contribution in [2.24, 2.45) is 0 Å². The van der Waals surface area contributed by atoms with E-state index < -0.39 is 18.1 Å². The van der Waals surface area contributed by atoms with Crippen molar-refractivity contribution in [3.05, 3.63) is 26.9 Å². The van der Waals surface area contributed by atoms with Crippen molar-refractivity contribution in [1.82, 2.24) is 4.98 Å². The second-order valence-corrected chi connectivity index (χ2v) is 3.71. The van der Waals surface area contributed by atoms with Crippen LogP contribution in [-0.4, -0.2) is 18.1 Å². The molecule has 0 aliphatic rings. The number of hydrogen-bond acceptors (Lipinski definition) is 3. The molecule has 0 spiro atoms. The summed E-state index contributed by atoms with van der Waals surface area (Å²) < 4.78 is 29.4.